The van der Waals surface area contributed by atoms with Crippen molar-refractivity contribution >= 4 is 5.91 Å². The van der Waals surface area contributed by atoms with Crippen molar-refractivity contribution in [2.24, 2.45) is 0 Å². The van der Waals surface area contributed by atoms with Crippen LogP contribution >= 0.6 is 0 Å². The third-order valence-electron chi connectivity index (χ3n) is 4.79. The maximum atomic E-state index is 12.7. The van der Waals surface area contributed by atoms with Crippen LogP contribution in [-0.4, -0.2) is 17.2 Å². The van der Waals surface area contributed by atoms with Gasteiger partial charge in [-0.2, -0.15) is 0 Å². The van der Waals surface area contributed by atoms with Gasteiger partial charge in [0.2, 0.25) is 0 Å². The van der Waals surface area contributed by atoms with Crippen LogP contribution in [0.25, 0.3) is 0 Å². The van der Waals surface area contributed by atoms with Crippen LogP contribution < -0.4 is 10.1 Å². The molecule has 0 saturated heterocycles. The Kier molecular flexibility index (Phi) is 7.25. The maximum absolute atomic E-state index is 12.7. The molecule has 0 spiro atoms. The first kappa shape index (κ1) is 21.6. The third kappa shape index (κ3) is 5.70. The van der Waals surface area contributed by atoms with Crippen molar-refractivity contribution in [1.29, 1.82) is 0 Å². The van der Waals surface area contributed by atoms with Gasteiger partial charge in [0.05, 0.1) is 24.0 Å². The fourth-order valence-electron chi connectivity index (χ4n) is 3.00. The van der Waals surface area contributed by atoms with Gasteiger partial charge in [-0.05, 0) is 57.0 Å². The number of aromatic nitrogens is 1. The number of nitrogens with one attached hydrogen (secondary N) is 1. The molecule has 0 aliphatic rings. The zero-order chi connectivity index (χ0) is 21.5. The van der Waals surface area contributed by atoms with Crippen molar-refractivity contribution in [2.45, 2.75) is 53.6 Å². The Morgan fingerprint density at radius 1 is 1.07 bits per heavy atom. The average molecular weight is 408 g/mol. The van der Waals surface area contributed by atoms with E-state index in [1.165, 1.54) is 0 Å². The molecule has 0 radical (unpaired) electrons. The lowest BCUT2D eigenvalue weighted by Crippen LogP contribution is -2.23. The van der Waals surface area contributed by atoms with Crippen LogP contribution in [0.2, 0.25) is 0 Å². The number of rotatable bonds is 9. The quantitative estimate of drug-likeness (QED) is 0.554. The van der Waals surface area contributed by atoms with Crippen molar-refractivity contribution in [2.75, 3.05) is 0 Å². The lowest BCUT2D eigenvalue weighted by atomic mass is 10.1. The van der Waals surface area contributed by atoms with Crippen LogP contribution in [0.3, 0.4) is 0 Å². The fourth-order valence-corrected chi connectivity index (χ4v) is 3.00. The molecule has 1 N–H and O–H groups in total. The van der Waals surface area contributed by atoms with Crippen molar-refractivity contribution in [1.82, 2.24) is 10.5 Å². The van der Waals surface area contributed by atoms with E-state index in [1.54, 1.807) is 12.1 Å². The summed E-state index contributed by atoms with van der Waals surface area (Å²) in [6, 6.07) is 15.1. The van der Waals surface area contributed by atoms with Crippen molar-refractivity contribution < 1.29 is 18.8 Å². The maximum Gasteiger partial charge on any atom is 0.251 e. The smallest absolute Gasteiger partial charge is 0.251 e. The molecular formula is C24H28N2O4. The second kappa shape index (κ2) is 10.1. The summed E-state index contributed by atoms with van der Waals surface area (Å²) in [5.74, 6) is 1.20. The van der Waals surface area contributed by atoms with E-state index in [-0.39, 0.29) is 12.0 Å². The molecule has 0 saturated carbocycles. The molecule has 1 aromatic heterocycles. The molecule has 0 atom stereocenters. The highest BCUT2D eigenvalue weighted by Crippen LogP contribution is 2.19. The number of carbonyl (C=O) groups excluding carboxylic acids is 1. The summed E-state index contributed by atoms with van der Waals surface area (Å²) < 4.78 is 16.7. The number of nitrogens with zero attached hydrogens (tertiary/aromatic N) is 1. The van der Waals surface area contributed by atoms with E-state index < -0.39 is 0 Å². The Morgan fingerprint density at radius 2 is 1.83 bits per heavy atom. The molecule has 0 aliphatic carbocycles. The number of carbonyl (C=O) groups is 1. The Bertz CT molecular complexity index is 975. The van der Waals surface area contributed by atoms with Crippen molar-refractivity contribution in [3.63, 3.8) is 0 Å². The molecule has 2 aromatic carbocycles. The van der Waals surface area contributed by atoms with E-state index in [0.29, 0.717) is 31.1 Å². The summed E-state index contributed by atoms with van der Waals surface area (Å²) in [7, 11) is 0. The van der Waals surface area contributed by atoms with Gasteiger partial charge in [-0.25, -0.2) is 0 Å². The number of aryl methyl sites for hydroxylation is 2. The minimum absolute atomic E-state index is 0.154. The van der Waals surface area contributed by atoms with Gasteiger partial charge in [0.1, 0.15) is 18.1 Å². The molecule has 3 aromatic rings. The number of benzene rings is 2. The summed E-state index contributed by atoms with van der Waals surface area (Å²) in [5, 5.41) is 6.91. The van der Waals surface area contributed by atoms with Gasteiger partial charge in [-0.15, -0.1) is 0 Å². The van der Waals surface area contributed by atoms with Gasteiger partial charge in [-0.1, -0.05) is 35.5 Å². The topological polar surface area (TPSA) is 73.6 Å². The van der Waals surface area contributed by atoms with Gasteiger partial charge in [-0.3, -0.25) is 4.79 Å². The van der Waals surface area contributed by atoms with Gasteiger partial charge in [0, 0.05) is 12.1 Å². The molecule has 30 heavy (non-hydrogen) atoms. The standard InChI is InChI=1S/C24H28N2O4/c1-16(2)28-14-21-9-6-5-8-20(21)13-25-24(27)19-10-7-11-22(12-19)29-15-23-17(3)26-30-18(23)4/h5-12,16H,13-15H2,1-4H3,(H,25,27). The second-order valence-electron chi connectivity index (χ2n) is 7.43. The minimum atomic E-state index is -0.155. The lowest BCUT2D eigenvalue weighted by Gasteiger charge is -2.13. The molecule has 6 heteroatoms. The van der Waals surface area contributed by atoms with Crippen LogP contribution in [0.15, 0.2) is 53.1 Å². The number of ether oxygens (including phenoxy) is 2. The average Bonchev–Trinajstić information content (AvgIpc) is 3.07. The molecule has 0 fully saturated rings. The number of amides is 1. The van der Waals surface area contributed by atoms with E-state index in [9.17, 15) is 4.79 Å². The Morgan fingerprint density at radius 3 is 2.53 bits per heavy atom. The van der Waals surface area contributed by atoms with E-state index in [4.69, 9.17) is 14.0 Å². The first-order chi connectivity index (χ1) is 14.4. The summed E-state index contributed by atoms with van der Waals surface area (Å²) in [6.45, 7) is 9.04. The SMILES string of the molecule is Cc1noc(C)c1COc1cccc(C(=O)NCc2ccccc2COC(C)C)c1. The first-order valence-corrected chi connectivity index (χ1v) is 10.0. The van der Waals surface area contributed by atoms with E-state index in [2.05, 4.69) is 10.5 Å². The molecule has 1 heterocycles. The Labute approximate surface area is 177 Å². The summed E-state index contributed by atoms with van der Waals surface area (Å²) >= 11 is 0. The molecule has 3 rings (SSSR count). The largest absolute Gasteiger partial charge is 0.489 e. The minimum Gasteiger partial charge on any atom is -0.489 e. The van der Waals surface area contributed by atoms with Gasteiger partial charge in [0.25, 0.3) is 5.91 Å². The molecule has 6 nitrogen and oxygen atoms in total. The van der Waals surface area contributed by atoms with Crippen LogP contribution in [0, 0.1) is 13.8 Å². The van der Waals surface area contributed by atoms with Crippen molar-refractivity contribution in [3.8, 4) is 5.75 Å². The van der Waals surface area contributed by atoms with Crippen molar-refractivity contribution in [3.05, 3.63) is 82.2 Å². The molecule has 0 unspecified atom stereocenters. The monoisotopic (exact) mass is 408 g/mol. The van der Waals surface area contributed by atoms with Crippen LogP contribution in [0.5, 0.6) is 5.75 Å². The van der Waals surface area contributed by atoms with Crippen LogP contribution in [-0.2, 0) is 24.5 Å². The summed E-state index contributed by atoms with van der Waals surface area (Å²) in [6.07, 6.45) is 0.154. The second-order valence-corrected chi connectivity index (χ2v) is 7.43. The number of hydrogen-bond acceptors (Lipinski definition) is 5. The van der Waals surface area contributed by atoms with Gasteiger partial charge >= 0.3 is 0 Å². The summed E-state index contributed by atoms with van der Waals surface area (Å²) in [5.41, 5.74) is 4.38. The zero-order valence-electron chi connectivity index (χ0n) is 17.9. The fraction of sp³-hybridized carbons (Fsp3) is 0.333. The van der Waals surface area contributed by atoms with Crippen LogP contribution in [0.1, 0.15) is 52.3 Å². The molecule has 0 bridgehead atoms. The van der Waals surface area contributed by atoms with Gasteiger partial charge < -0.3 is 19.3 Å². The molecule has 158 valence electrons. The highest BCUT2D eigenvalue weighted by molar-refractivity contribution is 5.94. The predicted octanol–water partition coefficient (Wildman–Crippen LogP) is 4.73. The first-order valence-electron chi connectivity index (χ1n) is 10.0. The Balaban J connectivity index is 1.61. The molecule has 0 aliphatic heterocycles. The van der Waals surface area contributed by atoms with E-state index in [1.807, 2.05) is 64.1 Å². The lowest BCUT2D eigenvalue weighted by molar-refractivity contribution is 0.0651. The highest BCUT2D eigenvalue weighted by atomic mass is 16.5. The predicted molar refractivity (Wildman–Crippen MR) is 114 cm³/mol. The normalized spacial score (nSPS) is 11.0. The molecule has 1 amide bonds. The third-order valence-corrected chi connectivity index (χ3v) is 4.79. The number of hydrogen-bond donors (Lipinski definition) is 1. The Hall–Kier alpha value is -3.12. The van der Waals surface area contributed by atoms with E-state index >= 15 is 0 Å². The van der Waals surface area contributed by atoms with Gasteiger partial charge in [0.15, 0.2) is 0 Å². The van der Waals surface area contributed by atoms with Crippen LogP contribution in [0.4, 0.5) is 0 Å². The summed E-state index contributed by atoms with van der Waals surface area (Å²) in [4.78, 5) is 12.7. The van der Waals surface area contributed by atoms with E-state index in [0.717, 1.165) is 28.1 Å². The molecular weight excluding hydrogens is 380 g/mol. The zero-order valence-corrected chi connectivity index (χ0v) is 17.9. The highest BCUT2D eigenvalue weighted by Gasteiger charge is 2.12.